The Hall–Kier alpha value is -2.69. The van der Waals surface area contributed by atoms with E-state index in [0.29, 0.717) is 49.1 Å². The van der Waals surface area contributed by atoms with Gasteiger partial charge in [-0.1, -0.05) is 0 Å². The average molecular weight is 538 g/mol. The molecule has 0 aliphatic carbocycles. The van der Waals surface area contributed by atoms with E-state index >= 15 is 13.2 Å². The fraction of sp³-hybridized carbons (Fsp3) is 0.500. The molecule has 2 aliphatic heterocycles. The van der Waals surface area contributed by atoms with Crippen molar-refractivity contribution < 1.29 is 31.8 Å². The summed E-state index contributed by atoms with van der Waals surface area (Å²) in [5.74, 6) is -2.09. The van der Waals surface area contributed by atoms with Gasteiger partial charge in [0, 0.05) is 66.5 Å². The highest BCUT2D eigenvalue weighted by atomic mass is 19.2. The summed E-state index contributed by atoms with van der Waals surface area (Å²) in [7, 11) is 0. The predicted octanol–water partition coefficient (Wildman–Crippen LogP) is 5.06. The lowest BCUT2D eigenvalue weighted by Crippen LogP contribution is -2.53. The van der Waals surface area contributed by atoms with Crippen LogP contribution in [-0.2, 0) is 6.42 Å². The maximum Gasteiger partial charge on any atom is 0.143 e. The summed E-state index contributed by atoms with van der Waals surface area (Å²) in [5, 5.41) is 10.2. The van der Waals surface area contributed by atoms with Crippen LogP contribution in [0.15, 0.2) is 30.3 Å². The molecule has 2 aromatic carbocycles. The number of aliphatic hydroxyl groups excluding tert-OH is 1. The Morgan fingerprint density at radius 3 is 2.50 bits per heavy atom. The van der Waals surface area contributed by atoms with Crippen LogP contribution in [-0.4, -0.2) is 77.2 Å². The minimum absolute atomic E-state index is 0.0407. The molecule has 0 bridgehead atoms. The zero-order valence-electron chi connectivity index (χ0n) is 21.4. The number of rotatable bonds is 9. The highest BCUT2D eigenvalue weighted by Gasteiger charge is 2.42. The Morgan fingerprint density at radius 2 is 1.84 bits per heavy atom. The second-order valence-electron chi connectivity index (χ2n) is 10.7. The van der Waals surface area contributed by atoms with Crippen molar-refractivity contribution in [2.45, 2.75) is 50.5 Å². The minimum Gasteiger partial charge on any atom is -0.488 e. The van der Waals surface area contributed by atoms with E-state index in [1.165, 1.54) is 19.1 Å². The molecule has 2 aliphatic rings. The van der Waals surface area contributed by atoms with Gasteiger partial charge in [0.05, 0.1) is 19.3 Å². The number of hydrogen-bond donors (Lipinski definition) is 2. The molecule has 3 atom stereocenters. The third kappa shape index (κ3) is 5.13. The summed E-state index contributed by atoms with van der Waals surface area (Å²) in [6.45, 7) is 3.33. The molecule has 38 heavy (non-hydrogen) atoms. The Bertz CT molecular complexity index is 1280. The van der Waals surface area contributed by atoms with Gasteiger partial charge in [-0.05, 0) is 50.5 Å². The SMILES string of the molecule is C[C@H]1Cc2c([nH]c3ccc(F)cc23)C(c2c(F)cc(OC3CN(CCCF)C3)cc2F)N1C[C@@](C)(F)CO. The van der Waals surface area contributed by atoms with Crippen molar-refractivity contribution in [2.75, 3.05) is 39.5 Å². The first kappa shape index (κ1) is 26.9. The lowest BCUT2D eigenvalue weighted by molar-refractivity contribution is 0.0151. The third-order valence-electron chi connectivity index (χ3n) is 7.57. The minimum atomic E-state index is -2.02. The van der Waals surface area contributed by atoms with Crippen molar-refractivity contribution in [3.05, 3.63) is 64.6 Å². The van der Waals surface area contributed by atoms with E-state index < -0.39 is 42.4 Å². The number of aliphatic hydroxyl groups is 1. The third-order valence-corrected chi connectivity index (χ3v) is 7.57. The van der Waals surface area contributed by atoms with E-state index in [9.17, 15) is 13.9 Å². The van der Waals surface area contributed by atoms with Crippen LogP contribution < -0.4 is 4.74 Å². The van der Waals surface area contributed by atoms with E-state index in [-0.39, 0.29) is 30.0 Å². The molecule has 5 nitrogen and oxygen atoms in total. The first-order valence-electron chi connectivity index (χ1n) is 12.9. The van der Waals surface area contributed by atoms with Crippen molar-refractivity contribution in [1.82, 2.24) is 14.8 Å². The number of aromatic amines is 1. The van der Waals surface area contributed by atoms with E-state index in [0.717, 1.165) is 17.7 Å². The van der Waals surface area contributed by atoms with Crippen molar-refractivity contribution in [1.29, 1.82) is 0 Å². The van der Waals surface area contributed by atoms with Gasteiger partial charge in [-0.25, -0.2) is 17.6 Å². The first-order valence-corrected chi connectivity index (χ1v) is 12.9. The van der Waals surface area contributed by atoms with Crippen LogP contribution in [0.5, 0.6) is 5.75 Å². The zero-order chi connectivity index (χ0) is 27.2. The highest BCUT2D eigenvalue weighted by molar-refractivity contribution is 5.85. The van der Waals surface area contributed by atoms with E-state index in [1.54, 1.807) is 11.0 Å². The van der Waals surface area contributed by atoms with E-state index in [2.05, 4.69) is 4.98 Å². The molecule has 3 aromatic rings. The molecule has 10 heteroatoms. The monoisotopic (exact) mass is 537 g/mol. The molecule has 1 fully saturated rings. The van der Waals surface area contributed by atoms with Gasteiger partial charge in [-0.15, -0.1) is 0 Å². The molecule has 1 aromatic heterocycles. The lowest BCUT2D eigenvalue weighted by atomic mass is 9.87. The van der Waals surface area contributed by atoms with Crippen LogP contribution in [0.25, 0.3) is 10.9 Å². The number of aromatic nitrogens is 1. The van der Waals surface area contributed by atoms with Crippen molar-refractivity contribution in [3.8, 4) is 5.75 Å². The Labute approximate surface area is 218 Å². The van der Waals surface area contributed by atoms with E-state index in [1.807, 2.05) is 11.8 Å². The smallest absolute Gasteiger partial charge is 0.143 e. The summed E-state index contributed by atoms with van der Waals surface area (Å²) in [6, 6.07) is 5.11. The number of nitrogens with zero attached hydrogens (tertiary/aromatic N) is 2. The highest BCUT2D eigenvalue weighted by Crippen LogP contribution is 2.44. The molecule has 1 unspecified atom stereocenters. The maximum absolute atomic E-state index is 15.7. The second-order valence-corrected chi connectivity index (χ2v) is 10.7. The largest absolute Gasteiger partial charge is 0.488 e. The van der Waals surface area contributed by atoms with Crippen LogP contribution in [0.3, 0.4) is 0 Å². The zero-order valence-corrected chi connectivity index (χ0v) is 21.4. The molecule has 0 saturated carbocycles. The van der Waals surface area contributed by atoms with Gasteiger partial charge in [0.1, 0.15) is 35.0 Å². The first-order chi connectivity index (χ1) is 18.1. The summed E-state index contributed by atoms with van der Waals surface area (Å²) >= 11 is 0. The lowest BCUT2D eigenvalue weighted by Gasteiger charge is -2.43. The number of fused-ring (bicyclic) bond motifs is 3. The molecule has 0 radical (unpaired) electrons. The average Bonchev–Trinajstić information content (AvgIpc) is 3.18. The van der Waals surface area contributed by atoms with Gasteiger partial charge >= 0.3 is 0 Å². The summed E-state index contributed by atoms with van der Waals surface area (Å²) in [6.07, 6.45) is 0.580. The van der Waals surface area contributed by atoms with Crippen molar-refractivity contribution >= 4 is 10.9 Å². The Morgan fingerprint density at radius 1 is 1.13 bits per heavy atom. The fourth-order valence-corrected chi connectivity index (χ4v) is 5.66. The number of likely N-dealkylation sites (tertiary alicyclic amines) is 1. The van der Waals surface area contributed by atoms with Crippen LogP contribution in [0.2, 0.25) is 0 Å². The molecule has 0 spiro atoms. The number of benzene rings is 2. The number of ether oxygens (including phenoxy) is 1. The number of hydrogen-bond acceptors (Lipinski definition) is 4. The quantitative estimate of drug-likeness (QED) is 0.375. The Balaban J connectivity index is 1.52. The summed E-state index contributed by atoms with van der Waals surface area (Å²) < 4.78 is 78.8. The predicted molar refractivity (Wildman–Crippen MR) is 134 cm³/mol. The van der Waals surface area contributed by atoms with Gasteiger partial charge in [-0.3, -0.25) is 14.2 Å². The van der Waals surface area contributed by atoms with Gasteiger partial charge < -0.3 is 14.8 Å². The van der Waals surface area contributed by atoms with Crippen LogP contribution in [0.4, 0.5) is 22.0 Å². The second kappa shape index (κ2) is 10.5. The van der Waals surface area contributed by atoms with Gasteiger partial charge in [0.15, 0.2) is 0 Å². The van der Waals surface area contributed by atoms with Crippen molar-refractivity contribution in [2.24, 2.45) is 0 Å². The molecular weight excluding hydrogens is 505 g/mol. The standard InChI is InChI=1S/C28H32F5N3O2/c1-16-8-21-20-9-17(30)4-5-24(20)34-26(21)27(36(16)14-28(2,33)15-37)25-22(31)10-18(11-23(25)32)38-19-12-35(13-19)7-3-6-29/h4-5,9-11,16,19,27,34,37H,3,6-8,12-15H2,1-2H3/t16-,27?,28+/m0/s1. The normalized spacial score (nSPS) is 22.3. The summed E-state index contributed by atoms with van der Waals surface area (Å²) in [4.78, 5) is 6.84. The Kier molecular flexibility index (Phi) is 7.41. The van der Waals surface area contributed by atoms with Crippen LogP contribution in [0, 0.1) is 17.5 Å². The molecule has 2 N–H and O–H groups in total. The molecule has 206 valence electrons. The molecular formula is C28H32F5N3O2. The van der Waals surface area contributed by atoms with Crippen LogP contribution >= 0.6 is 0 Å². The molecule has 0 amide bonds. The van der Waals surface area contributed by atoms with Crippen LogP contribution in [0.1, 0.15) is 43.1 Å². The number of alkyl halides is 2. The number of H-pyrrole nitrogens is 1. The van der Waals surface area contributed by atoms with Gasteiger partial charge in [-0.2, -0.15) is 0 Å². The number of nitrogens with one attached hydrogen (secondary N) is 1. The van der Waals surface area contributed by atoms with Crippen molar-refractivity contribution in [3.63, 3.8) is 0 Å². The molecule has 5 rings (SSSR count). The molecule has 3 heterocycles. The number of halogens is 5. The van der Waals surface area contributed by atoms with E-state index in [4.69, 9.17) is 4.74 Å². The van der Waals surface area contributed by atoms with Gasteiger partial charge in [0.25, 0.3) is 0 Å². The fourth-order valence-electron chi connectivity index (χ4n) is 5.66. The topological polar surface area (TPSA) is 51.7 Å². The summed E-state index contributed by atoms with van der Waals surface area (Å²) in [5.41, 5.74) is -0.491. The molecule has 1 saturated heterocycles. The maximum atomic E-state index is 15.7. The van der Waals surface area contributed by atoms with Gasteiger partial charge in [0.2, 0.25) is 0 Å².